The zero-order valence-corrected chi connectivity index (χ0v) is 12.5. The highest BCUT2D eigenvalue weighted by atomic mass is 16.4. The molecular weight excluding hydrogens is 282 g/mol. The lowest BCUT2D eigenvalue weighted by molar-refractivity contribution is 0.0621. The Bertz CT molecular complexity index is 719. The first-order chi connectivity index (χ1) is 10.6. The molecule has 6 nitrogen and oxygen atoms in total. The molecule has 3 heterocycles. The van der Waals surface area contributed by atoms with Crippen molar-refractivity contribution in [2.45, 2.75) is 19.5 Å². The number of aromatic nitrogens is 1. The first-order valence-electron chi connectivity index (χ1n) is 7.41. The quantitative estimate of drug-likeness (QED) is 0.915. The fraction of sp³-hybridized carbons (Fsp3) is 0.375. The molecule has 2 aromatic heterocycles. The van der Waals surface area contributed by atoms with E-state index >= 15 is 0 Å². The van der Waals surface area contributed by atoms with Gasteiger partial charge in [-0.2, -0.15) is 0 Å². The highest BCUT2D eigenvalue weighted by Gasteiger charge is 2.26. The van der Waals surface area contributed by atoms with Crippen molar-refractivity contribution >= 4 is 5.91 Å². The Morgan fingerprint density at radius 3 is 3.00 bits per heavy atom. The van der Waals surface area contributed by atoms with Crippen molar-refractivity contribution < 1.29 is 9.21 Å². The lowest BCUT2D eigenvalue weighted by Gasteiger charge is -2.33. The fourth-order valence-electron chi connectivity index (χ4n) is 2.62. The zero-order valence-electron chi connectivity index (χ0n) is 12.5. The smallest absolute Gasteiger partial charge is 0.289 e. The van der Waals surface area contributed by atoms with Crippen LogP contribution in [0.2, 0.25) is 0 Å². The van der Waals surface area contributed by atoms with E-state index in [0.717, 1.165) is 13.1 Å². The van der Waals surface area contributed by atoms with Crippen LogP contribution in [-0.2, 0) is 6.54 Å². The van der Waals surface area contributed by atoms with Crippen LogP contribution in [0.15, 0.2) is 45.7 Å². The Morgan fingerprint density at radius 2 is 2.23 bits per heavy atom. The molecule has 0 bridgehead atoms. The third-order valence-electron chi connectivity index (χ3n) is 3.86. The van der Waals surface area contributed by atoms with Crippen LogP contribution in [0.4, 0.5) is 0 Å². The molecule has 1 atom stereocenters. The number of carbonyl (C=O) groups excluding carboxylic acids is 1. The second kappa shape index (κ2) is 6.19. The highest BCUT2D eigenvalue weighted by molar-refractivity contribution is 5.91. The van der Waals surface area contributed by atoms with Crippen molar-refractivity contribution in [1.82, 2.24) is 14.8 Å². The average molecular weight is 301 g/mol. The van der Waals surface area contributed by atoms with Gasteiger partial charge in [0.05, 0.1) is 6.54 Å². The molecule has 1 N–H and O–H groups in total. The van der Waals surface area contributed by atoms with Crippen molar-refractivity contribution in [2.75, 3.05) is 19.6 Å². The summed E-state index contributed by atoms with van der Waals surface area (Å²) in [6.07, 6.45) is 1.70. The van der Waals surface area contributed by atoms with Crippen LogP contribution >= 0.6 is 0 Å². The Labute approximate surface area is 128 Å². The SMILES string of the molecule is C[C@@H]1CNCCN1C(=O)c1ccc(Cn2ccccc2=O)o1. The predicted octanol–water partition coefficient (Wildman–Crippen LogP) is 0.923. The van der Waals surface area contributed by atoms with Crippen LogP contribution in [0.1, 0.15) is 23.2 Å². The summed E-state index contributed by atoms with van der Waals surface area (Å²) in [6.45, 7) is 4.59. The number of rotatable bonds is 3. The van der Waals surface area contributed by atoms with E-state index in [0.29, 0.717) is 24.6 Å². The Hall–Kier alpha value is -2.34. The third kappa shape index (κ3) is 2.96. The summed E-state index contributed by atoms with van der Waals surface area (Å²) in [4.78, 5) is 26.0. The third-order valence-corrected chi connectivity index (χ3v) is 3.86. The van der Waals surface area contributed by atoms with E-state index in [-0.39, 0.29) is 17.5 Å². The monoisotopic (exact) mass is 301 g/mol. The molecule has 0 radical (unpaired) electrons. The Kier molecular flexibility index (Phi) is 4.11. The molecule has 1 aliphatic heterocycles. The lowest BCUT2D eigenvalue weighted by Crippen LogP contribution is -2.52. The Morgan fingerprint density at radius 1 is 1.36 bits per heavy atom. The molecule has 0 unspecified atom stereocenters. The van der Waals surface area contributed by atoms with Crippen molar-refractivity contribution in [2.24, 2.45) is 0 Å². The van der Waals surface area contributed by atoms with Crippen LogP contribution in [0, 0.1) is 0 Å². The van der Waals surface area contributed by atoms with E-state index in [1.165, 1.54) is 6.07 Å². The van der Waals surface area contributed by atoms with Crippen LogP contribution in [0.25, 0.3) is 0 Å². The van der Waals surface area contributed by atoms with E-state index in [9.17, 15) is 9.59 Å². The largest absolute Gasteiger partial charge is 0.454 e. The minimum absolute atomic E-state index is 0.0949. The summed E-state index contributed by atoms with van der Waals surface area (Å²) in [7, 11) is 0. The molecule has 116 valence electrons. The number of hydrogen-bond acceptors (Lipinski definition) is 4. The summed E-state index contributed by atoms with van der Waals surface area (Å²) < 4.78 is 7.18. The molecule has 0 saturated carbocycles. The molecular formula is C16H19N3O3. The number of amides is 1. The number of piperazine rings is 1. The van der Waals surface area contributed by atoms with Gasteiger partial charge in [0, 0.05) is 37.9 Å². The standard InChI is InChI=1S/C16H19N3O3/c1-12-10-17-7-9-19(12)16(21)14-6-5-13(22-14)11-18-8-3-2-4-15(18)20/h2-6,8,12,17H,7,9-11H2,1H3/t12-/m1/s1. The summed E-state index contributed by atoms with van der Waals surface area (Å²) in [5.41, 5.74) is -0.0949. The normalized spacial score (nSPS) is 18.4. The van der Waals surface area contributed by atoms with Gasteiger partial charge in [-0.05, 0) is 25.1 Å². The molecule has 1 aliphatic rings. The topological polar surface area (TPSA) is 67.5 Å². The number of hydrogen-bond donors (Lipinski definition) is 1. The first-order valence-corrected chi connectivity index (χ1v) is 7.41. The van der Waals surface area contributed by atoms with E-state index in [1.807, 2.05) is 11.8 Å². The maximum atomic E-state index is 12.5. The summed E-state index contributed by atoms with van der Waals surface area (Å²) in [5, 5.41) is 3.25. The van der Waals surface area contributed by atoms with Gasteiger partial charge >= 0.3 is 0 Å². The van der Waals surface area contributed by atoms with Gasteiger partial charge in [0.2, 0.25) is 0 Å². The highest BCUT2D eigenvalue weighted by Crippen LogP contribution is 2.14. The van der Waals surface area contributed by atoms with Crippen LogP contribution in [0.3, 0.4) is 0 Å². The van der Waals surface area contributed by atoms with Crippen molar-refractivity contribution in [3.05, 3.63) is 58.4 Å². The molecule has 0 spiro atoms. The number of nitrogens with zero attached hydrogens (tertiary/aromatic N) is 2. The van der Waals surface area contributed by atoms with Gasteiger partial charge in [-0.3, -0.25) is 9.59 Å². The van der Waals surface area contributed by atoms with Gasteiger partial charge in [-0.1, -0.05) is 6.07 Å². The van der Waals surface area contributed by atoms with E-state index in [4.69, 9.17) is 4.42 Å². The van der Waals surface area contributed by atoms with Gasteiger partial charge < -0.3 is 19.2 Å². The molecule has 1 fully saturated rings. The van der Waals surface area contributed by atoms with Gasteiger partial charge in [-0.25, -0.2) is 0 Å². The van der Waals surface area contributed by atoms with Gasteiger partial charge in [-0.15, -0.1) is 0 Å². The zero-order chi connectivity index (χ0) is 15.5. The number of pyridine rings is 1. The van der Waals surface area contributed by atoms with Crippen LogP contribution in [0.5, 0.6) is 0 Å². The minimum atomic E-state index is -0.0966. The predicted molar refractivity (Wildman–Crippen MR) is 81.9 cm³/mol. The second-order valence-corrected chi connectivity index (χ2v) is 5.48. The van der Waals surface area contributed by atoms with Gasteiger partial charge in [0.1, 0.15) is 5.76 Å². The molecule has 22 heavy (non-hydrogen) atoms. The fourth-order valence-corrected chi connectivity index (χ4v) is 2.62. The molecule has 6 heteroatoms. The maximum absolute atomic E-state index is 12.5. The van der Waals surface area contributed by atoms with E-state index in [1.54, 1.807) is 35.0 Å². The number of nitrogens with one attached hydrogen (secondary N) is 1. The molecule has 0 aromatic carbocycles. The Balaban J connectivity index is 1.75. The molecule has 0 aliphatic carbocycles. The lowest BCUT2D eigenvalue weighted by atomic mass is 10.2. The number of carbonyl (C=O) groups is 1. The number of furan rings is 1. The minimum Gasteiger partial charge on any atom is -0.454 e. The summed E-state index contributed by atoms with van der Waals surface area (Å²) in [5.74, 6) is 0.827. The summed E-state index contributed by atoms with van der Waals surface area (Å²) >= 11 is 0. The van der Waals surface area contributed by atoms with Crippen LogP contribution < -0.4 is 10.9 Å². The average Bonchev–Trinajstić information content (AvgIpc) is 2.98. The molecule has 1 amide bonds. The van der Waals surface area contributed by atoms with Crippen LogP contribution in [-0.4, -0.2) is 41.1 Å². The molecule has 2 aromatic rings. The van der Waals surface area contributed by atoms with Crippen molar-refractivity contribution in [3.8, 4) is 0 Å². The second-order valence-electron chi connectivity index (χ2n) is 5.48. The molecule has 1 saturated heterocycles. The van der Waals surface area contributed by atoms with E-state index < -0.39 is 0 Å². The maximum Gasteiger partial charge on any atom is 0.289 e. The van der Waals surface area contributed by atoms with Crippen molar-refractivity contribution in [1.29, 1.82) is 0 Å². The van der Waals surface area contributed by atoms with Gasteiger partial charge in [0.25, 0.3) is 11.5 Å². The molecule has 3 rings (SSSR count). The summed E-state index contributed by atoms with van der Waals surface area (Å²) in [6, 6.07) is 8.56. The van der Waals surface area contributed by atoms with E-state index in [2.05, 4.69) is 5.32 Å². The van der Waals surface area contributed by atoms with Gasteiger partial charge in [0.15, 0.2) is 5.76 Å². The first kappa shape index (κ1) is 14.6. The van der Waals surface area contributed by atoms with Crippen molar-refractivity contribution in [3.63, 3.8) is 0 Å².